The summed E-state index contributed by atoms with van der Waals surface area (Å²) in [4.78, 5) is 5.07. The summed E-state index contributed by atoms with van der Waals surface area (Å²) in [6.07, 6.45) is 1.76. The Morgan fingerprint density at radius 3 is 2.86 bits per heavy atom. The largest absolute Gasteiger partial charge is 0.497 e. The molecule has 2 rings (SSSR count). The van der Waals surface area contributed by atoms with Gasteiger partial charge >= 0.3 is 0 Å². The second kappa shape index (κ2) is 4.53. The Morgan fingerprint density at radius 2 is 2.14 bits per heavy atom. The van der Waals surface area contributed by atoms with Gasteiger partial charge in [0.05, 0.1) is 12.6 Å². The number of rotatable bonds is 1. The lowest BCUT2D eigenvalue weighted by molar-refractivity contribution is 0.414. The number of aromatic nitrogens is 1. The fourth-order valence-electron chi connectivity index (χ4n) is 1.26. The quantitative estimate of drug-likeness (QED) is 0.757. The number of thiol groups is 1. The standard InChI is InChI=1S/C10H9NOS.ClH/c1-12-8-5-7-3-2-4-11-10(7)9(13)6-8;/h2-6,13H,1H3;1H. The Balaban J connectivity index is 0.000000980. The third kappa shape index (κ3) is 1.94. The smallest absolute Gasteiger partial charge is 0.120 e. The van der Waals surface area contributed by atoms with Gasteiger partial charge < -0.3 is 4.74 Å². The molecule has 0 bridgehead atoms. The van der Waals surface area contributed by atoms with Crippen molar-refractivity contribution >= 4 is 35.9 Å². The highest BCUT2D eigenvalue weighted by molar-refractivity contribution is 7.80. The van der Waals surface area contributed by atoms with Crippen LogP contribution in [0.5, 0.6) is 5.75 Å². The molecule has 4 heteroatoms. The number of nitrogens with zero attached hydrogens (tertiary/aromatic N) is 1. The van der Waals surface area contributed by atoms with Gasteiger partial charge in [0, 0.05) is 16.5 Å². The first-order chi connectivity index (χ1) is 6.31. The summed E-state index contributed by atoms with van der Waals surface area (Å²) in [5.41, 5.74) is 0.909. The number of halogens is 1. The summed E-state index contributed by atoms with van der Waals surface area (Å²) in [6.45, 7) is 0. The van der Waals surface area contributed by atoms with Gasteiger partial charge in [-0.25, -0.2) is 0 Å². The van der Waals surface area contributed by atoms with E-state index in [9.17, 15) is 0 Å². The highest BCUT2D eigenvalue weighted by Gasteiger charge is 2.01. The number of hydrogen-bond donors (Lipinski definition) is 1. The van der Waals surface area contributed by atoms with Crippen molar-refractivity contribution in [1.29, 1.82) is 0 Å². The number of methoxy groups -OCH3 is 1. The third-order valence-electron chi connectivity index (χ3n) is 1.89. The average molecular weight is 228 g/mol. The van der Waals surface area contributed by atoms with Gasteiger partial charge in [0.15, 0.2) is 0 Å². The predicted molar refractivity (Wildman–Crippen MR) is 62.8 cm³/mol. The molecule has 0 aliphatic rings. The number of hydrogen-bond acceptors (Lipinski definition) is 3. The minimum atomic E-state index is 0. The van der Waals surface area contributed by atoms with Crippen LogP contribution in [0.2, 0.25) is 0 Å². The van der Waals surface area contributed by atoms with Crippen molar-refractivity contribution in [3.63, 3.8) is 0 Å². The van der Waals surface area contributed by atoms with E-state index in [1.54, 1.807) is 13.3 Å². The van der Waals surface area contributed by atoms with Crippen LogP contribution in [0.25, 0.3) is 10.9 Å². The van der Waals surface area contributed by atoms with Crippen LogP contribution < -0.4 is 4.74 Å². The van der Waals surface area contributed by atoms with Crippen LogP contribution in [0.15, 0.2) is 35.4 Å². The molecule has 14 heavy (non-hydrogen) atoms. The lowest BCUT2D eigenvalue weighted by Crippen LogP contribution is -1.85. The van der Waals surface area contributed by atoms with Crippen LogP contribution in [0.3, 0.4) is 0 Å². The SMILES string of the molecule is COc1cc(S)c2ncccc2c1.Cl. The van der Waals surface area contributed by atoms with E-state index in [2.05, 4.69) is 17.6 Å². The van der Waals surface area contributed by atoms with Crippen molar-refractivity contribution in [3.05, 3.63) is 30.5 Å². The molecule has 0 N–H and O–H groups in total. The topological polar surface area (TPSA) is 22.1 Å². The van der Waals surface area contributed by atoms with Crippen molar-refractivity contribution < 1.29 is 4.74 Å². The number of pyridine rings is 1. The van der Waals surface area contributed by atoms with Crippen molar-refractivity contribution in [2.45, 2.75) is 4.90 Å². The van der Waals surface area contributed by atoms with Crippen LogP contribution >= 0.6 is 25.0 Å². The van der Waals surface area contributed by atoms with Gasteiger partial charge in [0.2, 0.25) is 0 Å². The molecule has 0 spiro atoms. The Morgan fingerprint density at radius 1 is 1.36 bits per heavy atom. The van der Waals surface area contributed by atoms with Crippen molar-refractivity contribution in [1.82, 2.24) is 4.98 Å². The molecule has 0 saturated carbocycles. The first-order valence-corrected chi connectivity index (χ1v) is 4.38. The fraction of sp³-hybridized carbons (Fsp3) is 0.100. The van der Waals surface area contributed by atoms with Gasteiger partial charge in [-0.3, -0.25) is 4.98 Å². The molecule has 0 amide bonds. The highest BCUT2D eigenvalue weighted by atomic mass is 35.5. The van der Waals surface area contributed by atoms with E-state index >= 15 is 0 Å². The molecule has 1 aromatic heterocycles. The lowest BCUT2D eigenvalue weighted by Gasteiger charge is -2.03. The zero-order chi connectivity index (χ0) is 9.26. The van der Waals surface area contributed by atoms with Crippen molar-refractivity contribution in [3.8, 4) is 5.75 Å². The maximum Gasteiger partial charge on any atom is 0.120 e. The number of fused-ring (bicyclic) bond motifs is 1. The monoisotopic (exact) mass is 227 g/mol. The van der Waals surface area contributed by atoms with Crippen molar-refractivity contribution in [2.75, 3.05) is 7.11 Å². The van der Waals surface area contributed by atoms with Crippen LogP contribution in [0, 0.1) is 0 Å². The minimum Gasteiger partial charge on any atom is -0.497 e. The summed E-state index contributed by atoms with van der Waals surface area (Å²) in [6, 6.07) is 7.69. The second-order valence-corrected chi connectivity index (χ2v) is 3.20. The van der Waals surface area contributed by atoms with Crippen LogP contribution in [0.4, 0.5) is 0 Å². The molecule has 0 saturated heterocycles. The summed E-state index contributed by atoms with van der Waals surface area (Å²) < 4.78 is 5.13. The average Bonchev–Trinajstić information content (AvgIpc) is 2.18. The maximum atomic E-state index is 5.13. The number of ether oxygens (including phenoxy) is 1. The molecule has 1 aromatic carbocycles. The van der Waals surface area contributed by atoms with E-state index in [0.29, 0.717) is 0 Å². The number of benzene rings is 1. The van der Waals surface area contributed by atoms with Gasteiger partial charge in [-0.2, -0.15) is 0 Å². The summed E-state index contributed by atoms with van der Waals surface area (Å²) in [5.74, 6) is 0.811. The van der Waals surface area contributed by atoms with Gasteiger partial charge in [-0.15, -0.1) is 25.0 Å². The molecule has 0 fully saturated rings. The minimum absolute atomic E-state index is 0. The van der Waals surface area contributed by atoms with E-state index in [1.807, 2.05) is 24.3 Å². The molecule has 74 valence electrons. The summed E-state index contributed by atoms with van der Waals surface area (Å²) >= 11 is 4.33. The van der Waals surface area contributed by atoms with Crippen molar-refractivity contribution in [2.24, 2.45) is 0 Å². The molecule has 0 aliphatic carbocycles. The molecule has 0 aliphatic heterocycles. The molecular formula is C10H10ClNOS. The molecule has 0 unspecified atom stereocenters. The molecule has 0 atom stereocenters. The van der Waals surface area contributed by atoms with E-state index in [4.69, 9.17) is 4.74 Å². The molecular weight excluding hydrogens is 218 g/mol. The predicted octanol–water partition coefficient (Wildman–Crippen LogP) is 2.95. The van der Waals surface area contributed by atoms with E-state index in [-0.39, 0.29) is 12.4 Å². The maximum absolute atomic E-state index is 5.13. The Bertz CT molecular complexity index is 447. The molecule has 0 radical (unpaired) electrons. The third-order valence-corrected chi connectivity index (χ3v) is 2.23. The van der Waals surface area contributed by atoms with E-state index in [0.717, 1.165) is 21.5 Å². The summed E-state index contributed by atoms with van der Waals surface area (Å²) in [7, 11) is 1.64. The van der Waals surface area contributed by atoms with Crippen LogP contribution in [-0.4, -0.2) is 12.1 Å². The zero-order valence-electron chi connectivity index (χ0n) is 7.60. The zero-order valence-corrected chi connectivity index (χ0v) is 9.31. The van der Waals surface area contributed by atoms with Gasteiger partial charge in [0.25, 0.3) is 0 Å². The van der Waals surface area contributed by atoms with Crippen LogP contribution in [-0.2, 0) is 0 Å². The first kappa shape index (κ1) is 11.1. The Kier molecular flexibility index (Phi) is 3.61. The lowest BCUT2D eigenvalue weighted by atomic mass is 10.2. The Hall–Kier alpha value is -0.930. The fourth-order valence-corrected chi connectivity index (χ4v) is 1.58. The Labute approximate surface area is 94.1 Å². The van der Waals surface area contributed by atoms with Gasteiger partial charge in [0.1, 0.15) is 5.75 Å². The van der Waals surface area contributed by atoms with Gasteiger partial charge in [-0.05, 0) is 18.2 Å². The van der Waals surface area contributed by atoms with E-state index < -0.39 is 0 Å². The van der Waals surface area contributed by atoms with Crippen LogP contribution in [0.1, 0.15) is 0 Å². The summed E-state index contributed by atoms with van der Waals surface area (Å²) in [5, 5.41) is 1.05. The highest BCUT2D eigenvalue weighted by Crippen LogP contribution is 2.25. The first-order valence-electron chi connectivity index (χ1n) is 3.93. The molecule has 1 heterocycles. The second-order valence-electron chi connectivity index (χ2n) is 2.72. The van der Waals surface area contributed by atoms with Gasteiger partial charge in [-0.1, -0.05) is 6.07 Å². The normalized spacial score (nSPS) is 9.57. The molecule has 2 aromatic rings. The molecule has 2 nitrogen and oxygen atoms in total. The van der Waals surface area contributed by atoms with E-state index in [1.165, 1.54) is 0 Å².